The van der Waals surface area contributed by atoms with Crippen LogP contribution in [0.2, 0.25) is 0 Å². The van der Waals surface area contributed by atoms with Crippen LogP contribution in [-0.2, 0) is 23.8 Å². The Kier molecular flexibility index (Phi) is 5.28. The highest BCUT2D eigenvalue weighted by Gasteiger charge is 2.18. The molecule has 80 valence electrons. The normalized spacial score (nSPS) is 11.4. The van der Waals surface area contributed by atoms with Crippen LogP contribution in [0.4, 0.5) is 0 Å². The van der Waals surface area contributed by atoms with Crippen molar-refractivity contribution in [1.29, 1.82) is 5.41 Å². The molecular weight excluding hydrogens is 190 g/mol. The van der Waals surface area contributed by atoms with E-state index in [1.54, 1.807) is 0 Å². The molecule has 0 saturated heterocycles. The van der Waals surface area contributed by atoms with Crippen molar-refractivity contribution in [3.05, 3.63) is 0 Å². The van der Waals surface area contributed by atoms with Crippen LogP contribution in [0.3, 0.4) is 0 Å². The fraction of sp³-hybridized carbons (Fsp3) is 0.625. The Labute approximate surface area is 81.6 Å². The van der Waals surface area contributed by atoms with Gasteiger partial charge in [0.2, 0.25) is 0 Å². The molecule has 0 bridgehead atoms. The quantitative estimate of drug-likeness (QED) is 0.398. The Morgan fingerprint density at radius 3 is 2.29 bits per heavy atom. The van der Waals surface area contributed by atoms with Gasteiger partial charge in [-0.1, -0.05) is 0 Å². The molecule has 14 heavy (non-hydrogen) atoms. The molecule has 0 radical (unpaired) electrons. The maximum atomic E-state index is 11.0. The van der Waals surface area contributed by atoms with Gasteiger partial charge in [0.25, 0.3) is 0 Å². The van der Waals surface area contributed by atoms with Crippen molar-refractivity contribution in [1.82, 2.24) is 0 Å². The summed E-state index contributed by atoms with van der Waals surface area (Å²) in [5.74, 6) is -1.55. The minimum Gasteiger partial charge on any atom is -0.484 e. The zero-order valence-corrected chi connectivity index (χ0v) is 8.33. The fourth-order valence-electron chi connectivity index (χ4n) is 0.656. The highest BCUT2D eigenvalue weighted by atomic mass is 16.6. The Balaban J connectivity index is 3.94. The molecule has 1 atom stereocenters. The van der Waals surface area contributed by atoms with E-state index in [0.717, 1.165) is 0 Å². The van der Waals surface area contributed by atoms with Crippen LogP contribution in [0.25, 0.3) is 0 Å². The number of hydrogen-bond acceptors (Lipinski definition) is 6. The fourth-order valence-corrected chi connectivity index (χ4v) is 0.656. The van der Waals surface area contributed by atoms with Crippen LogP contribution in [0.1, 0.15) is 13.3 Å². The minimum absolute atomic E-state index is 0.216. The summed E-state index contributed by atoms with van der Waals surface area (Å²) >= 11 is 0. The Morgan fingerprint density at radius 2 is 1.86 bits per heavy atom. The van der Waals surface area contributed by atoms with Gasteiger partial charge in [-0.3, -0.25) is 10.2 Å². The summed E-state index contributed by atoms with van der Waals surface area (Å²) in [7, 11) is 2.48. The van der Waals surface area contributed by atoms with Gasteiger partial charge in [0.05, 0.1) is 14.2 Å². The molecular formula is C8H13NO5. The lowest BCUT2D eigenvalue weighted by atomic mass is 10.4. The van der Waals surface area contributed by atoms with E-state index in [2.05, 4.69) is 14.2 Å². The first-order valence-corrected chi connectivity index (χ1v) is 3.90. The van der Waals surface area contributed by atoms with Crippen LogP contribution < -0.4 is 0 Å². The molecule has 0 rings (SSSR count). The number of ether oxygens (including phenoxy) is 3. The molecule has 0 heterocycles. The number of hydrogen-bond donors (Lipinski definition) is 1. The van der Waals surface area contributed by atoms with Crippen LogP contribution in [0.5, 0.6) is 0 Å². The molecule has 6 heteroatoms. The van der Waals surface area contributed by atoms with Crippen molar-refractivity contribution in [3.8, 4) is 0 Å². The van der Waals surface area contributed by atoms with Crippen LogP contribution in [0, 0.1) is 5.41 Å². The lowest BCUT2D eigenvalue weighted by molar-refractivity contribution is -0.164. The van der Waals surface area contributed by atoms with Crippen molar-refractivity contribution >= 4 is 17.8 Å². The second-order valence-corrected chi connectivity index (χ2v) is 2.46. The number of carbonyl (C=O) groups excluding carboxylic acids is 2. The molecule has 1 unspecified atom stereocenters. The van der Waals surface area contributed by atoms with E-state index in [9.17, 15) is 9.59 Å². The third kappa shape index (κ3) is 4.44. The molecule has 0 fully saturated rings. The van der Waals surface area contributed by atoms with E-state index in [1.807, 2.05) is 0 Å². The molecule has 0 aromatic heterocycles. The van der Waals surface area contributed by atoms with Gasteiger partial charge in [0, 0.05) is 0 Å². The summed E-state index contributed by atoms with van der Waals surface area (Å²) in [6.45, 7) is 1.39. The molecule has 1 N–H and O–H groups in total. The molecule has 0 aliphatic carbocycles. The standard InChI is InChI=1S/C8H13NO5/c1-5(8(11)13-3)14-7(10)4-6(9)12-2/h5,9H,4H2,1-3H3. The number of nitrogens with one attached hydrogen (secondary N) is 1. The van der Waals surface area contributed by atoms with Crippen molar-refractivity contribution in [3.63, 3.8) is 0 Å². The first-order chi connectivity index (χ1) is 6.51. The van der Waals surface area contributed by atoms with E-state index in [4.69, 9.17) is 5.41 Å². The summed E-state index contributed by atoms with van der Waals surface area (Å²) < 4.78 is 13.4. The van der Waals surface area contributed by atoms with Crippen molar-refractivity contribution in [2.45, 2.75) is 19.4 Å². The molecule has 0 aliphatic heterocycles. The average molecular weight is 203 g/mol. The zero-order chi connectivity index (χ0) is 11.1. The monoisotopic (exact) mass is 203 g/mol. The summed E-state index contributed by atoms with van der Waals surface area (Å²) in [6.07, 6.45) is -1.25. The molecule has 0 spiro atoms. The van der Waals surface area contributed by atoms with Crippen LogP contribution >= 0.6 is 0 Å². The van der Waals surface area contributed by atoms with Gasteiger partial charge in [-0.2, -0.15) is 0 Å². The molecule has 0 aromatic rings. The second-order valence-electron chi connectivity index (χ2n) is 2.46. The van der Waals surface area contributed by atoms with Gasteiger partial charge in [-0.25, -0.2) is 4.79 Å². The summed E-state index contributed by atoms with van der Waals surface area (Å²) in [4.78, 5) is 21.8. The summed E-state index contributed by atoms with van der Waals surface area (Å²) in [6, 6.07) is 0. The Bertz CT molecular complexity index is 238. The van der Waals surface area contributed by atoms with Gasteiger partial charge < -0.3 is 14.2 Å². The van der Waals surface area contributed by atoms with E-state index in [-0.39, 0.29) is 12.3 Å². The van der Waals surface area contributed by atoms with Crippen molar-refractivity contribution < 1.29 is 23.8 Å². The summed E-state index contributed by atoms with van der Waals surface area (Å²) in [5, 5.41) is 7.03. The Morgan fingerprint density at radius 1 is 1.29 bits per heavy atom. The molecule has 0 aromatic carbocycles. The highest BCUT2D eigenvalue weighted by molar-refractivity contribution is 5.93. The maximum absolute atomic E-state index is 11.0. The SMILES string of the molecule is COC(=N)CC(=O)OC(C)C(=O)OC. The molecule has 0 saturated carbocycles. The lowest BCUT2D eigenvalue weighted by Crippen LogP contribution is -2.26. The number of methoxy groups -OCH3 is 2. The Hall–Kier alpha value is -1.59. The zero-order valence-electron chi connectivity index (χ0n) is 8.33. The lowest BCUT2D eigenvalue weighted by Gasteiger charge is -2.10. The third-order valence-corrected chi connectivity index (χ3v) is 1.39. The highest BCUT2D eigenvalue weighted by Crippen LogP contribution is 1.98. The molecule has 6 nitrogen and oxygen atoms in total. The smallest absolute Gasteiger partial charge is 0.346 e. The van der Waals surface area contributed by atoms with E-state index >= 15 is 0 Å². The maximum Gasteiger partial charge on any atom is 0.346 e. The van der Waals surface area contributed by atoms with Crippen molar-refractivity contribution in [2.75, 3.05) is 14.2 Å². The first kappa shape index (κ1) is 12.4. The minimum atomic E-state index is -0.961. The van der Waals surface area contributed by atoms with Crippen LogP contribution in [-0.4, -0.2) is 38.2 Å². The predicted octanol–water partition coefficient (Wildman–Crippen LogP) is 0.105. The van der Waals surface area contributed by atoms with Gasteiger partial charge in [-0.05, 0) is 6.92 Å². The predicted molar refractivity (Wildman–Crippen MR) is 46.9 cm³/mol. The molecule has 0 aliphatic rings. The van der Waals surface area contributed by atoms with E-state index < -0.39 is 18.0 Å². The topological polar surface area (TPSA) is 85.7 Å². The number of rotatable bonds is 4. The van der Waals surface area contributed by atoms with E-state index in [1.165, 1.54) is 21.1 Å². The molecule has 0 amide bonds. The second kappa shape index (κ2) is 5.95. The first-order valence-electron chi connectivity index (χ1n) is 3.90. The van der Waals surface area contributed by atoms with Crippen molar-refractivity contribution in [2.24, 2.45) is 0 Å². The van der Waals surface area contributed by atoms with Gasteiger partial charge in [0.15, 0.2) is 12.0 Å². The third-order valence-electron chi connectivity index (χ3n) is 1.39. The van der Waals surface area contributed by atoms with Crippen LogP contribution in [0.15, 0.2) is 0 Å². The average Bonchev–Trinajstić information content (AvgIpc) is 2.15. The summed E-state index contributed by atoms with van der Waals surface area (Å²) in [5.41, 5.74) is 0. The largest absolute Gasteiger partial charge is 0.484 e. The van der Waals surface area contributed by atoms with E-state index in [0.29, 0.717) is 0 Å². The van der Waals surface area contributed by atoms with Gasteiger partial charge in [0.1, 0.15) is 6.42 Å². The number of esters is 2. The van der Waals surface area contributed by atoms with Gasteiger partial charge in [-0.15, -0.1) is 0 Å². The number of carbonyl (C=O) groups is 2. The van der Waals surface area contributed by atoms with Gasteiger partial charge >= 0.3 is 11.9 Å².